The SMILES string of the molecule is CC(CC(=O)OC(=O)CC(C)(C)C)OC(=O)/C=C/C(=O)O. The Morgan fingerprint density at radius 3 is 2.14 bits per heavy atom. The summed E-state index contributed by atoms with van der Waals surface area (Å²) < 4.78 is 9.35. The second-order valence-electron chi connectivity index (χ2n) is 5.71. The van der Waals surface area contributed by atoms with E-state index in [1.54, 1.807) is 0 Å². The molecule has 0 saturated carbocycles. The molecule has 0 aromatic rings. The summed E-state index contributed by atoms with van der Waals surface area (Å²) in [5.74, 6) is -3.62. The van der Waals surface area contributed by atoms with Crippen LogP contribution in [0.25, 0.3) is 0 Å². The minimum atomic E-state index is -1.29. The topological polar surface area (TPSA) is 107 Å². The van der Waals surface area contributed by atoms with Crippen LogP contribution in [0.15, 0.2) is 12.2 Å². The van der Waals surface area contributed by atoms with Crippen molar-refractivity contribution in [2.75, 3.05) is 0 Å². The summed E-state index contributed by atoms with van der Waals surface area (Å²) in [4.78, 5) is 44.2. The highest BCUT2D eigenvalue weighted by Crippen LogP contribution is 2.19. The molecule has 0 spiro atoms. The number of carboxylic acids is 1. The Morgan fingerprint density at radius 1 is 1.10 bits per heavy atom. The first-order valence-electron chi connectivity index (χ1n) is 6.35. The number of ether oxygens (including phenoxy) is 2. The largest absolute Gasteiger partial charge is 0.478 e. The Labute approximate surface area is 122 Å². The predicted molar refractivity (Wildman–Crippen MR) is 72.1 cm³/mol. The normalized spacial score (nSPS) is 12.8. The van der Waals surface area contributed by atoms with Crippen LogP contribution in [0, 0.1) is 5.41 Å². The molecule has 1 atom stereocenters. The zero-order chi connectivity index (χ0) is 16.6. The first-order chi connectivity index (χ1) is 9.49. The molecule has 0 radical (unpaired) electrons. The van der Waals surface area contributed by atoms with Gasteiger partial charge in [0.15, 0.2) is 0 Å². The van der Waals surface area contributed by atoms with Gasteiger partial charge in [0.2, 0.25) is 0 Å². The average molecular weight is 300 g/mol. The minimum absolute atomic E-state index is 0.0915. The van der Waals surface area contributed by atoms with Crippen molar-refractivity contribution < 1.29 is 33.8 Å². The maximum Gasteiger partial charge on any atom is 0.331 e. The molecule has 0 rings (SSSR count). The standard InChI is InChI=1S/C14H20O7/c1-9(20-11(17)6-5-10(15)16)7-12(18)21-13(19)8-14(2,3)4/h5-6,9H,7-8H2,1-4H3,(H,15,16)/b6-5+. The van der Waals surface area contributed by atoms with Gasteiger partial charge in [-0.1, -0.05) is 20.8 Å². The lowest BCUT2D eigenvalue weighted by atomic mass is 9.92. The van der Waals surface area contributed by atoms with Crippen LogP contribution in [0.3, 0.4) is 0 Å². The van der Waals surface area contributed by atoms with Crippen LogP contribution in [0.2, 0.25) is 0 Å². The summed E-state index contributed by atoms with van der Waals surface area (Å²) in [7, 11) is 0. The van der Waals surface area contributed by atoms with E-state index in [0.29, 0.717) is 6.08 Å². The fourth-order valence-electron chi connectivity index (χ4n) is 1.29. The number of carbonyl (C=O) groups excluding carboxylic acids is 3. The van der Waals surface area contributed by atoms with Crippen molar-refractivity contribution in [2.24, 2.45) is 5.41 Å². The molecule has 0 fully saturated rings. The van der Waals surface area contributed by atoms with E-state index in [9.17, 15) is 19.2 Å². The van der Waals surface area contributed by atoms with Gasteiger partial charge in [0, 0.05) is 12.2 Å². The van der Waals surface area contributed by atoms with Gasteiger partial charge in [0.05, 0.1) is 12.8 Å². The van der Waals surface area contributed by atoms with Gasteiger partial charge in [-0.25, -0.2) is 9.59 Å². The molecule has 0 aromatic heterocycles. The van der Waals surface area contributed by atoms with Crippen molar-refractivity contribution >= 4 is 23.9 Å². The zero-order valence-electron chi connectivity index (χ0n) is 12.5. The summed E-state index contributed by atoms with van der Waals surface area (Å²) in [5, 5.41) is 8.33. The van der Waals surface area contributed by atoms with Gasteiger partial charge in [-0.2, -0.15) is 0 Å². The van der Waals surface area contributed by atoms with Crippen LogP contribution in [0.1, 0.15) is 40.5 Å². The molecule has 0 aromatic carbocycles. The number of carboxylic acid groups (broad SMARTS) is 1. The van der Waals surface area contributed by atoms with Crippen LogP contribution in [-0.4, -0.2) is 35.1 Å². The van der Waals surface area contributed by atoms with Gasteiger partial charge in [0.25, 0.3) is 0 Å². The third kappa shape index (κ3) is 11.4. The van der Waals surface area contributed by atoms with Crippen LogP contribution >= 0.6 is 0 Å². The molecule has 0 saturated heterocycles. The molecule has 0 aliphatic heterocycles. The number of esters is 3. The lowest BCUT2D eigenvalue weighted by molar-refractivity contribution is -0.163. The fourth-order valence-corrected chi connectivity index (χ4v) is 1.29. The van der Waals surface area contributed by atoms with Gasteiger partial charge < -0.3 is 14.6 Å². The summed E-state index contributed by atoms with van der Waals surface area (Å²) in [6, 6.07) is 0. The molecular weight excluding hydrogens is 280 g/mol. The maximum atomic E-state index is 11.5. The summed E-state index contributed by atoms with van der Waals surface area (Å²) in [6.07, 6.45) is 0.331. The first kappa shape index (κ1) is 18.8. The van der Waals surface area contributed by atoms with E-state index < -0.39 is 30.0 Å². The monoisotopic (exact) mass is 300 g/mol. The van der Waals surface area contributed by atoms with Crippen molar-refractivity contribution in [1.29, 1.82) is 0 Å². The summed E-state index contributed by atoms with van der Waals surface area (Å²) >= 11 is 0. The Balaban J connectivity index is 4.18. The Kier molecular flexibility index (Phi) is 7.33. The van der Waals surface area contributed by atoms with E-state index in [1.165, 1.54) is 6.92 Å². The van der Waals surface area contributed by atoms with Gasteiger partial charge in [0.1, 0.15) is 6.10 Å². The van der Waals surface area contributed by atoms with E-state index in [1.807, 2.05) is 20.8 Å². The predicted octanol–water partition coefficient (Wildman–Crippen LogP) is 1.45. The molecule has 0 aliphatic carbocycles. The van der Waals surface area contributed by atoms with E-state index in [4.69, 9.17) is 9.84 Å². The van der Waals surface area contributed by atoms with Crippen LogP contribution in [-0.2, 0) is 28.7 Å². The van der Waals surface area contributed by atoms with Crippen LogP contribution in [0.5, 0.6) is 0 Å². The molecule has 0 aliphatic rings. The highest BCUT2D eigenvalue weighted by molar-refractivity contribution is 5.91. The zero-order valence-corrected chi connectivity index (χ0v) is 12.5. The molecular formula is C14H20O7. The third-order valence-electron chi connectivity index (χ3n) is 2.04. The molecule has 0 heterocycles. The highest BCUT2D eigenvalue weighted by Gasteiger charge is 2.21. The molecule has 0 bridgehead atoms. The number of hydrogen-bond acceptors (Lipinski definition) is 6. The molecule has 0 amide bonds. The average Bonchev–Trinajstić information content (AvgIpc) is 2.22. The molecule has 118 valence electrons. The summed E-state index contributed by atoms with van der Waals surface area (Å²) in [6.45, 7) is 6.93. The molecule has 1 unspecified atom stereocenters. The lowest BCUT2D eigenvalue weighted by Gasteiger charge is -2.16. The van der Waals surface area contributed by atoms with Gasteiger partial charge >= 0.3 is 23.9 Å². The Hall–Kier alpha value is -2.18. The van der Waals surface area contributed by atoms with E-state index in [-0.39, 0.29) is 18.3 Å². The van der Waals surface area contributed by atoms with E-state index in [2.05, 4.69) is 4.74 Å². The smallest absolute Gasteiger partial charge is 0.331 e. The van der Waals surface area contributed by atoms with E-state index >= 15 is 0 Å². The van der Waals surface area contributed by atoms with E-state index in [0.717, 1.165) is 6.08 Å². The Morgan fingerprint density at radius 2 is 1.67 bits per heavy atom. The van der Waals surface area contributed by atoms with Gasteiger partial charge in [-0.05, 0) is 12.3 Å². The molecule has 21 heavy (non-hydrogen) atoms. The van der Waals surface area contributed by atoms with Crippen molar-refractivity contribution in [1.82, 2.24) is 0 Å². The van der Waals surface area contributed by atoms with Crippen molar-refractivity contribution in [3.63, 3.8) is 0 Å². The van der Waals surface area contributed by atoms with Crippen molar-refractivity contribution in [3.8, 4) is 0 Å². The second kappa shape index (κ2) is 8.18. The first-order valence-corrected chi connectivity index (χ1v) is 6.35. The summed E-state index contributed by atoms with van der Waals surface area (Å²) in [5.41, 5.74) is -0.295. The molecule has 7 nitrogen and oxygen atoms in total. The molecule has 1 N–H and O–H groups in total. The minimum Gasteiger partial charge on any atom is -0.478 e. The quantitative estimate of drug-likeness (QED) is 0.449. The third-order valence-corrected chi connectivity index (χ3v) is 2.04. The van der Waals surface area contributed by atoms with Crippen molar-refractivity contribution in [3.05, 3.63) is 12.2 Å². The lowest BCUT2D eigenvalue weighted by Crippen LogP contribution is -2.23. The van der Waals surface area contributed by atoms with Crippen LogP contribution in [0.4, 0.5) is 0 Å². The maximum absolute atomic E-state index is 11.5. The number of hydrogen-bond donors (Lipinski definition) is 1. The van der Waals surface area contributed by atoms with Crippen LogP contribution < -0.4 is 0 Å². The highest BCUT2D eigenvalue weighted by atomic mass is 16.6. The number of aliphatic carboxylic acids is 1. The van der Waals surface area contributed by atoms with Crippen molar-refractivity contribution in [2.45, 2.75) is 46.6 Å². The Bertz CT molecular complexity index is 443. The number of carbonyl (C=O) groups is 4. The number of rotatable bonds is 6. The van der Waals surface area contributed by atoms with Gasteiger partial charge in [-0.3, -0.25) is 9.59 Å². The van der Waals surface area contributed by atoms with Gasteiger partial charge in [-0.15, -0.1) is 0 Å². The fraction of sp³-hybridized carbons (Fsp3) is 0.571. The second-order valence-corrected chi connectivity index (χ2v) is 5.71. The molecule has 7 heteroatoms.